The summed E-state index contributed by atoms with van der Waals surface area (Å²) < 4.78 is 0. The highest BCUT2D eigenvalue weighted by Gasteiger charge is 2.14. The number of carbonyl (C=O) groups is 2. The van der Waals surface area contributed by atoms with Gasteiger partial charge in [0.05, 0.1) is 12.2 Å². The van der Waals surface area contributed by atoms with Crippen molar-refractivity contribution in [3.05, 3.63) is 0 Å². The molecule has 6 nitrogen and oxygen atoms in total. The Labute approximate surface area is 184 Å². The van der Waals surface area contributed by atoms with Crippen LogP contribution in [0, 0.1) is 0 Å². The number of unbranched alkanes of at least 4 members (excludes halogenated alkanes) is 6. The van der Waals surface area contributed by atoms with Crippen LogP contribution in [0.3, 0.4) is 0 Å². The van der Waals surface area contributed by atoms with Crippen molar-refractivity contribution in [3.63, 3.8) is 0 Å². The van der Waals surface area contributed by atoms with Crippen LogP contribution >= 0.6 is 0 Å². The normalized spacial score (nSPS) is 14.2. The van der Waals surface area contributed by atoms with Crippen LogP contribution in [0.25, 0.3) is 0 Å². The highest BCUT2D eigenvalue weighted by molar-refractivity contribution is 5.79. The monoisotopic (exact) mass is 428 g/mol. The van der Waals surface area contributed by atoms with Crippen LogP contribution in [0.1, 0.15) is 124 Å². The van der Waals surface area contributed by atoms with Crippen molar-refractivity contribution >= 4 is 11.8 Å². The Morgan fingerprint density at radius 2 is 1.03 bits per heavy atom. The van der Waals surface area contributed by atoms with Gasteiger partial charge in [0.25, 0.3) is 0 Å². The van der Waals surface area contributed by atoms with Gasteiger partial charge >= 0.3 is 0 Å². The smallest absolute Gasteiger partial charge is 0.221 e. The summed E-state index contributed by atoms with van der Waals surface area (Å²) in [5.74, 6) is -0.00588. The lowest BCUT2D eigenvalue weighted by molar-refractivity contribution is -0.124. The number of hydrogen-bond donors (Lipinski definition) is 4. The molecule has 6 heteroatoms. The standard InChI is InChI=1S/C24H48N2O4/c1-4-15-22(25-23(29)18-13-9-7-11-16-20(27)5-2)26-24(30)19-14-10-8-12-17-21(28)6-3/h20-22,27-28H,4-19H2,1-3H3,(H,25,29)(H,26,30). The van der Waals surface area contributed by atoms with E-state index in [9.17, 15) is 19.8 Å². The largest absolute Gasteiger partial charge is 0.393 e. The molecule has 0 saturated carbocycles. The third-order valence-corrected chi connectivity index (χ3v) is 5.57. The second-order valence-corrected chi connectivity index (χ2v) is 8.51. The van der Waals surface area contributed by atoms with Gasteiger partial charge in [-0.05, 0) is 44.9 Å². The molecule has 0 rings (SSSR count). The molecular weight excluding hydrogens is 380 g/mol. The quantitative estimate of drug-likeness (QED) is 0.169. The molecule has 0 heterocycles. The molecule has 0 aromatic carbocycles. The first-order valence-electron chi connectivity index (χ1n) is 12.4. The molecule has 4 N–H and O–H groups in total. The molecule has 0 aliphatic rings. The Balaban J connectivity index is 3.90. The van der Waals surface area contributed by atoms with Gasteiger partial charge in [-0.3, -0.25) is 9.59 Å². The van der Waals surface area contributed by atoms with E-state index in [0.717, 1.165) is 89.9 Å². The first-order valence-corrected chi connectivity index (χ1v) is 12.4. The summed E-state index contributed by atoms with van der Waals surface area (Å²) in [6.45, 7) is 6.02. The summed E-state index contributed by atoms with van der Waals surface area (Å²) in [5, 5.41) is 25.0. The van der Waals surface area contributed by atoms with E-state index in [-0.39, 0.29) is 30.2 Å². The summed E-state index contributed by atoms with van der Waals surface area (Å²) in [6.07, 6.45) is 13.0. The third kappa shape index (κ3) is 17.7. The lowest BCUT2D eigenvalue weighted by Gasteiger charge is -2.20. The Morgan fingerprint density at radius 1 is 0.633 bits per heavy atom. The Bertz CT molecular complexity index is 395. The van der Waals surface area contributed by atoms with E-state index in [0.29, 0.717) is 12.8 Å². The van der Waals surface area contributed by atoms with Gasteiger partial charge in [-0.15, -0.1) is 0 Å². The van der Waals surface area contributed by atoms with E-state index >= 15 is 0 Å². The predicted molar refractivity (Wildman–Crippen MR) is 123 cm³/mol. The van der Waals surface area contributed by atoms with Crippen molar-refractivity contribution in [2.24, 2.45) is 0 Å². The van der Waals surface area contributed by atoms with Gasteiger partial charge in [-0.2, -0.15) is 0 Å². The van der Waals surface area contributed by atoms with E-state index in [1.165, 1.54) is 0 Å². The summed E-state index contributed by atoms with van der Waals surface area (Å²) in [6, 6.07) is 0. The minimum Gasteiger partial charge on any atom is -0.393 e. The summed E-state index contributed by atoms with van der Waals surface area (Å²) in [4.78, 5) is 24.4. The predicted octanol–water partition coefficient (Wildman–Crippen LogP) is 4.57. The van der Waals surface area contributed by atoms with Crippen molar-refractivity contribution in [3.8, 4) is 0 Å². The molecule has 0 spiro atoms. The summed E-state index contributed by atoms with van der Waals surface area (Å²) in [5.41, 5.74) is 0. The fourth-order valence-corrected chi connectivity index (χ4v) is 3.45. The lowest BCUT2D eigenvalue weighted by atomic mass is 10.1. The number of amides is 2. The zero-order chi connectivity index (χ0) is 22.6. The van der Waals surface area contributed by atoms with E-state index in [1.54, 1.807) is 0 Å². The average molecular weight is 429 g/mol. The van der Waals surface area contributed by atoms with Crippen LogP contribution in [0.5, 0.6) is 0 Å². The Hall–Kier alpha value is -1.14. The van der Waals surface area contributed by atoms with Gasteiger partial charge in [-0.1, -0.05) is 65.7 Å². The van der Waals surface area contributed by atoms with Crippen molar-refractivity contribution in [1.29, 1.82) is 0 Å². The van der Waals surface area contributed by atoms with Gasteiger partial charge in [0.2, 0.25) is 11.8 Å². The summed E-state index contributed by atoms with van der Waals surface area (Å²) in [7, 11) is 0. The minimum atomic E-state index is -0.283. The molecule has 0 fully saturated rings. The van der Waals surface area contributed by atoms with E-state index < -0.39 is 0 Å². The number of rotatable bonds is 20. The second kappa shape index (κ2) is 19.8. The molecule has 178 valence electrons. The van der Waals surface area contributed by atoms with Crippen LogP contribution in [0.15, 0.2) is 0 Å². The van der Waals surface area contributed by atoms with Crippen LogP contribution in [-0.4, -0.2) is 40.4 Å². The maximum absolute atomic E-state index is 12.2. The van der Waals surface area contributed by atoms with Crippen molar-refractivity contribution in [2.45, 2.75) is 142 Å². The second-order valence-electron chi connectivity index (χ2n) is 8.51. The molecule has 0 aliphatic heterocycles. The van der Waals surface area contributed by atoms with Crippen LogP contribution < -0.4 is 10.6 Å². The number of aliphatic hydroxyl groups excluding tert-OH is 2. The van der Waals surface area contributed by atoms with Crippen molar-refractivity contribution in [2.75, 3.05) is 0 Å². The molecule has 30 heavy (non-hydrogen) atoms. The highest BCUT2D eigenvalue weighted by atomic mass is 16.3. The van der Waals surface area contributed by atoms with E-state index in [4.69, 9.17) is 0 Å². The van der Waals surface area contributed by atoms with Gasteiger partial charge in [0.15, 0.2) is 0 Å². The maximum atomic E-state index is 12.2. The lowest BCUT2D eigenvalue weighted by Crippen LogP contribution is -2.47. The van der Waals surface area contributed by atoms with E-state index in [1.807, 2.05) is 20.8 Å². The third-order valence-electron chi connectivity index (χ3n) is 5.57. The molecule has 2 amide bonds. The fraction of sp³-hybridized carbons (Fsp3) is 0.917. The van der Waals surface area contributed by atoms with Gasteiger partial charge < -0.3 is 20.8 Å². The first-order chi connectivity index (χ1) is 14.4. The fourth-order valence-electron chi connectivity index (χ4n) is 3.45. The molecule has 2 unspecified atom stereocenters. The summed E-state index contributed by atoms with van der Waals surface area (Å²) >= 11 is 0. The number of hydrogen-bond acceptors (Lipinski definition) is 4. The molecule has 0 bridgehead atoms. The van der Waals surface area contributed by atoms with E-state index in [2.05, 4.69) is 10.6 Å². The van der Waals surface area contributed by atoms with Crippen molar-refractivity contribution < 1.29 is 19.8 Å². The van der Waals surface area contributed by atoms with Crippen LogP contribution in [-0.2, 0) is 9.59 Å². The molecule has 2 atom stereocenters. The van der Waals surface area contributed by atoms with Crippen LogP contribution in [0.2, 0.25) is 0 Å². The van der Waals surface area contributed by atoms with Crippen molar-refractivity contribution in [1.82, 2.24) is 10.6 Å². The average Bonchev–Trinajstić information content (AvgIpc) is 2.72. The molecular formula is C24H48N2O4. The number of nitrogens with one attached hydrogen (secondary N) is 2. The van der Waals surface area contributed by atoms with Gasteiger partial charge in [-0.25, -0.2) is 0 Å². The minimum absolute atomic E-state index is 0.00294. The Morgan fingerprint density at radius 3 is 1.40 bits per heavy atom. The van der Waals surface area contributed by atoms with Gasteiger partial charge in [0.1, 0.15) is 6.17 Å². The Kier molecular flexibility index (Phi) is 19.0. The zero-order valence-electron chi connectivity index (χ0n) is 19.8. The highest BCUT2D eigenvalue weighted by Crippen LogP contribution is 2.10. The SMILES string of the molecule is CCCC(NC(=O)CCCCCCC(O)CC)NC(=O)CCCCCCC(O)CC. The zero-order valence-corrected chi connectivity index (χ0v) is 19.8. The number of aliphatic hydroxyl groups is 2. The van der Waals surface area contributed by atoms with Gasteiger partial charge in [0, 0.05) is 12.8 Å². The first kappa shape index (κ1) is 28.9. The number of carbonyl (C=O) groups excluding carboxylic acids is 2. The maximum Gasteiger partial charge on any atom is 0.221 e. The molecule has 0 aromatic heterocycles. The molecule has 0 aliphatic carbocycles. The van der Waals surface area contributed by atoms with Crippen LogP contribution in [0.4, 0.5) is 0 Å². The topological polar surface area (TPSA) is 98.7 Å². The molecule has 0 aromatic rings. The molecule has 0 saturated heterocycles. The molecule has 0 radical (unpaired) electrons.